The van der Waals surface area contributed by atoms with Crippen LogP contribution in [0.2, 0.25) is 5.02 Å². The van der Waals surface area contributed by atoms with Gasteiger partial charge in [0.15, 0.2) is 5.78 Å². The van der Waals surface area contributed by atoms with E-state index < -0.39 is 5.97 Å². The lowest BCUT2D eigenvalue weighted by molar-refractivity contribution is -0.121. The Bertz CT molecular complexity index is 1150. The molecule has 1 heterocycles. The zero-order chi connectivity index (χ0) is 25.9. The largest absolute Gasteiger partial charge is 0.486 e. The highest BCUT2D eigenvalue weighted by atomic mass is 35.5. The second kappa shape index (κ2) is 14.1. The van der Waals surface area contributed by atoms with Gasteiger partial charge >= 0.3 is 5.97 Å². The number of carbonyl (C=O) groups excluding carboxylic acids is 1. The van der Waals surface area contributed by atoms with Gasteiger partial charge in [-0.25, -0.2) is 4.79 Å². The fraction of sp³-hybridized carbons (Fsp3) is 0.467. The first-order valence-electron chi connectivity index (χ1n) is 13.2. The summed E-state index contributed by atoms with van der Waals surface area (Å²) in [5, 5.41) is 10.5. The fourth-order valence-electron chi connectivity index (χ4n) is 4.52. The van der Waals surface area contributed by atoms with E-state index in [0.717, 1.165) is 36.9 Å². The Balaban J connectivity index is 1.60. The number of rotatable bonds is 16. The number of aromatic carboxylic acids is 1. The number of ketones is 1. The molecule has 2 aromatic carbocycles. The molecule has 0 saturated carbocycles. The van der Waals surface area contributed by atoms with Crippen molar-refractivity contribution in [2.45, 2.75) is 84.6 Å². The lowest BCUT2D eigenvalue weighted by Gasteiger charge is -2.12. The van der Waals surface area contributed by atoms with E-state index in [1.54, 1.807) is 18.2 Å². The van der Waals surface area contributed by atoms with E-state index in [0.29, 0.717) is 16.2 Å². The minimum Gasteiger partial charge on any atom is -0.486 e. The normalized spacial score (nSPS) is 11.2. The van der Waals surface area contributed by atoms with Gasteiger partial charge in [0.05, 0.1) is 22.6 Å². The van der Waals surface area contributed by atoms with Crippen LogP contribution in [-0.4, -0.2) is 28.0 Å². The number of Topliss-reactive ketones (excluding diaryl/α,β-unsaturated/α-hetero) is 1. The van der Waals surface area contributed by atoms with Crippen molar-refractivity contribution in [3.05, 3.63) is 64.3 Å². The predicted octanol–water partition coefficient (Wildman–Crippen LogP) is 7.89. The van der Waals surface area contributed by atoms with E-state index in [1.807, 2.05) is 16.7 Å². The first-order valence-corrected chi connectivity index (χ1v) is 13.6. The third-order valence-corrected chi connectivity index (χ3v) is 7.02. The highest BCUT2D eigenvalue weighted by molar-refractivity contribution is 6.36. The third-order valence-electron chi connectivity index (χ3n) is 6.59. The third kappa shape index (κ3) is 7.60. The first kappa shape index (κ1) is 27.8. The molecule has 0 aliphatic rings. The van der Waals surface area contributed by atoms with E-state index in [2.05, 4.69) is 26.0 Å². The van der Waals surface area contributed by atoms with E-state index in [9.17, 15) is 14.7 Å². The number of nitrogens with zero attached hydrogens (tertiary/aromatic N) is 1. The molecule has 3 aromatic rings. The summed E-state index contributed by atoms with van der Waals surface area (Å²) in [5.41, 5.74) is 3.10. The van der Waals surface area contributed by atoms with Gasteiger partial charge in [-0.2, -0.15) is 0 Å². The number of aromatic nitrogens is 1. The maximum Gasteiger partial charge on any atom is 0.335 e. The summed E-state index contributed by atoms with van der Waals surface area (Å²) in [4.78, 5) is 24.3. The van der Waals surface area contributed by atoms with Crippen LogP contribution in [0.4, 0.5) is 0 Å². The molecule has 0 aliphatic carbocycles. The van der Waals surface area contributed by atoms with Gasteiger partial charge in [0.25, 0.3) is 0 Å². The van der Waals surface area contributed by atoms with Gasteiger partial charge < -0.3 is 14.4 Å². The lowest BCUT2D eigenvalue weighted by atomic mass is 10.0. The van der Waals surface area contributed by atoms with Gasteiger partial charge in [-0.3, -0.25) is 4.79 Å². The predicted molar refractivity (Wildman–Crippen MR) is 147 cm³/mol. The van der Waals surface area contributed by atoms with Gasteiger partial charge in [-0.15, -0.1) is 0 Å². The van der Waals surface area contributed by atoms with Gasteiger partial charge in [-0.1, -0.05) is 76.1 Å². The summed E-state index contributed by atoms with van der Waals surface area (Å²) < 4.78 is 7.69. The minimum absolute atomic E-state index is 0.0332. The summed E-state index contributed by atoms with van der Waals surface area (Å²) in [5.74, 6) is -0.388. The number of carboxylic acids is 1. The van der Waals surface area contributed by atoms with Crippen molar-refractivity contribution in [2.24, 2.45) is 0 Å². The summed E-state index contributed by atoms with van der Waals surface area (Å²) in [7, 11) is 0. The molecule has 0 saturated heterocycles. The van der Waals surface area contributed by atoms with Crippen molar-refractivity contribution in [1.29, 1.82) is 0 Å². The van der Waals surface area contributed by atoms with E-state index >= 15 is 0 Å². The molecule has 0 aliphatic heterocycles. The SMILES string of the molecule is CCCCCCCCc1ccc(OCC(=O)Cn2c(CCCC)c(Cl)c3cc(C(=O)O)ccc32)cc1. The van der Waals surface area contributed by atoms with Crippen LogP contribution < -0.4 is 4.74 Å². The molecular weight excluding hydrogens is 474 g/mol. The molecule has 0 atom stereocenters. The summed E-state index contributed by atoms with van der Waals surface area (Å²) in [6.07, 6.45) is 11.4. The van der Waals surface area contributed by atoms with Crippen molar-refractivity contribution >= 4 is 34.3 Å². The van der Waals surface area contributed by atoms with Crippen molar-refractivity contribution in [1.82, 2.24) is 4.57 Å². The molecule has 3 rings (SSSR count). The molecule has 36 heavy (non-hydrogen) atoms. The molecular formula is C30H38ClNO4. The number of ether oxygens (including phenoxy) is 1. The van der Waals surface area contributed by atoms with Crippen LogP contribution in [0.25, 0.3) is 10.9 Å². The number of fused-ring (bicyclic) bond motifs is 1. The molecule has 1 N–H and O–H groups in total. The standard InChI is InChI=1S/C30H38ClNO4/c1-3-5-7-8-9-10-11-22-13-16-25(17-14-22)36-21-24(33)20-32-27-18-15-23(30(34)35)19-26(27)29(31)28(32)12-6-4-2/h13-19H,3-12,20-21H2,1-2H3,(H,34,35). The number of benzene rings is 2. The number of aryl methyl sites for hydroxylation is 1. The molecule has 0 fully saturated rings. The number of carboxylic acid groups (broad SMARTS) is 1. The summed E-state index contributed by atoms with van der Waals surface area (Å²) in [6, 6.07) is 12.9. The van der Waals surface area contributed by atoms with Crippen LogP contribution in [0.15, 0.2) is 42.5 Å². The minimum atomic E-state index is -1.00. The van der Waals surface area contributed by atoms with Crippen molar-refractivity contribution in [2.75, 3.05) is 6.61 Å². The maximum absolute atomic E-state index is 12.9. The number of hydrogen-bond acceptors (Lipinski definition) is 3. The van der Waals surface area contributed by atoms with Gasteiger partial charge in [0.2, 0.25) is 0 Å². The van der Waals surface area contributed by atoms with Gasteiger partial charge in [0.1, 0.15) is 12.4 Å². The highest BCUT2D eigenvalue weighted by Crippen LogP contribution is 2.33. The van der Waals surface area contributed by atoms with Gasteiger partial charge in [0, 0.05) is 11.1 Å². The molecule has 194 valence electrons. The zero-order valence-corrected chi connectivity index (χ0v) is 22.3. The van der Waals surface area contributed by atoms with Crippen LogP contribution in [0.1, 0.15) is 86.8 Å². The number of unbranched alkanes of at least 4 members (excludes halogenated alkanes) is 6. The smallest absolute Gasteiger partial charge is 0.335 e. The van der Waals surface area contributed by atoms with Gasteiger partial charge in [-0.05, 0) is 61.6 Å². The molecule has 0 amide bonds. The Morgan fingerprint density at radius 2 is 1.58 bits per heavy atom. The Hall–Kier alpha value is -2.79. The lowest BCUT2D eigenvalue weighted by Crippen LogP contribution is -2.19. The van der Waals surface area contributed by atoms with Crippen LogP contribution in [0.3, 0.4) is 0 Å². The Morgan fingerprint density at radius 1 is 0.889 bits per heavy atom. The van der Waals surface area contributed by atoms with E-state index in [4.69, 9.17) is 16.3 Å². The molecule has 0 bridgehead atoms. The number of halogens is 1. The average Bonchev–Trinajstić information content (AvgIpc) is 3.14. The number of hydrogen-bond donors (Lipinski definition) is 1. The maximum atomic E-state index is 12.9. The summed E-state index contributed by atoms with van der Waals surface area (Å²) >= 11 is 6.66. The Labute approximate surface area is 219 Å². The Kier molecular flexibility index (Phi) is 10.9. The quantitative estimate of drug-likeness (QED) is 0.198. The first-order chi connectivity index (χ1) is 17.4. The zero-order valence-electron chi connectivity index (χ0n) is 21.5. The molecule has 0 unspecified atom stereocenters. The molecule has 5 nitrogen and oxygen atoms in total. The van der Waals surface area contributed by atoms with Crippen molar-refractivity contribution in [3.63, 3.8) is 0 Å². The second-order valence-corrected chi connectivity index (χ2v) is 9.85. The van der Waals surface area contributed by atoms with Crippen molar-refractivity contribution in [3.8, 4) is 5.75 Å². The van der Waals surface area contributed by atoms with Crippen LogP contribution >= 0.6 is 11.6 Å². The number of carbonyl (C=O) groups is 2. The van der Waals surface area contributed by atoms with E-state index in [-0.39, 0.29) is 24.5 Å². The monoisotopic (exact) mass is 511 g/mol. The molecule has 0 spiro atoms. The molecule has 1 aromatic heterocycles. The van der Waals surface area contributed by atoms with Crippen LogP contribution in [-0.2, 0) is 24.2 Å². The van der Waals surface area contributed by atoms with Crippen LogP contribution in [0, 0.1) is 0 Å². The summed E-state index contributed by atoms with van der Waals surface area (Å²) in [6.45, 7) is 4.43. The topological polar surface area (TPSA) is 68.5 Å². The highest BCUT2D eigenvalue weighted by Gasteiger charge is 2.19. The van der Waals surface area contributed by atoms with Crippen molar-refractivity contribution < 1.29 is 19.4 Å². The molecule has 6 heteroatoms. The second-order valence-electron chi connectivity index (χ2n) is 9.48. The Morgan fingerprint density at radius 3 is 2.28 bits per heavy atom. The fourth-order valence-corrected chi connectivity index (χ4v) is 4.86. The molecule has 0 radical (unpaired) electrons. The van der Waals surface area contributed by atoms with Crippen LogP contribution in [0.5, 0.6) is 5.75 Å². The average molecular weight is 512 g/mol. The van der Waals surface area contributed by atoms with E-state index in [1.165, 1.54) is 44.1 Å².